The van der Waals surface area contributed by atoms with Gasteiger partial charge < -0.3 is 15.5 Å². The lowest BCUT2D eigenvalue weighted by molar-refractivity contribution is 0.351. The van der Waals surface area contributed by atoms with E-state index in [2.05, 4.69) is 39.0 Å². The Labute approximate surface area is 247 Å². The average Bonchev–Trinajstić information content (AvgIpc) is 3.61. The van der Waals surface area contributed by atoms with Crippen molar-refractivity contribution < 1.29 is 4.74 Å². The molecule has 0 amide bonds. The highest BCUT2D eigenvalue weighted by atomic mass is 16.5. The molecule has 0 spiro atoms. The number of nitrogens with zero attached hydrogens (tertiary/aromatic N) is 5. The molecule has 4 aromatic rings. The molecule has 2 aromatic carbocycles. The number of rotatable bonds is 10. The molecule has 2 unspecified atom stereocenters. The largest absolute Gasteiger partial charge is 0.457 e. The molecule has 2 aromatic heterocycles. The van der Waals surface area contributed by atoms with Crippen LogP contribution in [0.1, 0.15) is 37.8 Å². The molecule has 6 rings (SSSR count). The van der Waals surface area contributed by atoms with Gasteiger partial charge in [-0.05, 0) is 73.7 Å². The molecule has 0 radical (unpaired) electrons. The van der Waals surface area contributed by atoms with Crippen LogP contribution >= 0.6 is 0 Å². The van der Waals surface area contributed by atoms with E-state index in [1.54, 1.807) is 6.20 Å². The summed E-state index contributed by atoms with van der Waals surface area (Å²) in [6, 6.07) is 23.9. The summed E-state index contributed by atoms with van der Waals surface area (Å²) in [5, 5.41) is 17.5. The first-order valence-electron chi connectivity index (χ1n) is 14.8. The summed E-state index contributed by atoms with van der Waals surface area (Å²) in [6.07, 6.45) is 10.8. The molecule has 2 atom stereocenters. The van der Waals surface area contributed by atoms with Gasteiger partial charge >= 0.3 is 0 Å². The van der Waals surface area contributed by atoms with Crippen LogP contribution in [-0.4, -0.2) is 57.8 Å². The lowest BCUT2D eigenvalue weighted by atomic mass is 9.96. The molecule has 1 saturated heterocycles. The van der Waals surface area contributed by atoms with E-state index < -0.39 is 0 Å². The van der Waals surface area contributed by atoms with E-state index in [4.69, 9.17) is 20.2 Å². The van der Waals surface area contributed by atoms with Crippen LogP contribution in [0.3, 0.4) is 0 Å². The fourth-order valence-electron chi connectivity index (χ4n) is 5.55. The van der Waals surface area contributed by atoms with E-state index in [9.17, 15) is 0 Å². The number of aromatic nitrogens is 3. The van der Waals surface area contributed by atoms with E-state index in [1.807, 2.05) is 79.0 Å². The van der Waals surface area contributed by atoms with Gasteiger partial charge in [-0.15, -0.1) is 0 Å². The van der Waals surface area contributed by atoms with Crippen molar-refractivity contribution in [2.75, 3.05) is 31.5 Å². The Morgan fingerprint density at radius 3 is 2.60 bits per heavy atom. The zero-order chi connectivity index (χ0) is 28.7. The van der Waals surface area contributed by atoms with Gasteiger partial charge in [0.05, 0.1) is 11.6 Å². The molecular formula is C34H37N7O. The van der Waals surface area contributed by atoms with Crippen LogP contribution < -0.4 is 10.1 Å². The minimum Gasteiger partial charge on any atom is -0.457 e. The number of hydrogen-bond donors (Lipinski definition) is 2. The van der Waals surface area contributed by atoms with Crippen LogP contribution in [0.25, 0.3) is 11.3 Å². The third kappa shape index (κ3) is 6.34. The van der Waals surface area contributed by atoms with E-state index in [0.29, 0.717) is 12.1 Å². The highest BCUT2D eigenvalue weighted by molar-refractivity contribution is 6.09. The number of benzene rings is 2. The van der Waals surface area contributed by atoms with Crippen molar-refractivity contribution in [2.45, 2.75) is 32.2 Å². The van der Waals surface area contributed by atoms with Crippen molar-refractivity contribution in [1.29, 1.82) is 5.41 Å². The van der Waals surface area contributed by atoms with E-state index in [-0.39, 0.29) is 12.0 Å². The molecule has 1 fully saturated rings. The zero-order valence-corrected chi connectivity index (χ0v) is 24.0. The van der Waals surface area contributed by atoms with E-state index in [1.165, 1.54) is 0 Å². The minimum absolute atomic E-state index is 0.205. The van der Waals surface area contributed by atoms with Crippen molar-refractivity contribution in [3.8, 4) is 22.8 Å². The van der Waals surface area contributed by atoms with Crippen molar-refractivity contribution in [3.63, 3.8) is 0 Å². The van der Waals surface area contributed by atoms with Gasteiger partial charge in [-0.1, -0.05) is 43.3 Å². The normalized spacial score (nSPS) is 18.7. The molecular weight excluding hydrogens is 522 g/mol. The monoisotopic (exact) mass is 559 g/mol. The molecule has 42 heavy (non-hydrogen) atoms. The number of ether oxygens (including phenoxy) is 1. The van der Waals surface area contributed by atoms with Gasteiger partial charge in [0.1, 0.15) is 23.0 Å². The Hall–Kier alpha value is -4.56. The average molecular weight is 560 g/mol. The number of likely N-dealkylation sites (tertiary alicyclic amines) is 1. The number of hydrogen-bond acceptors (Lipinski definition) is 7. The third-order valence-electron chi connectivity index (χ3n) is 7.88. The number of fused-ring (bicyclic) bond motifs is 1. The predicted molar refractivity (Wildman–Crippen MR) is 170 cm³/mol. The van der Waals surface area contributed by atoms with Crippen molar-refractivity contribution in [2.24, 2.45) is 10.9 Å². The molecule has 8 heteroatoms. The van der Waals surface area contributed by atoms with Gasteiger partial charge in [-0.2, -0.15) is 5.10 Å². The number of anilines is 1. The van der Waals surface area contributed by atoms with Gasteiger partial charge in [0.15, 0.2) is 5.82 Å². The van der Waals surface area contributed by atoms with Gasteiger partial charge in [0, 0.05) is 49.9 Å². The summed E-state index contributed by atoms with van der Waals surface area (Å²) in [5.41, 5.74) is 3.27. The molecule has 0 bridgehead atoms. The minimum atomic E-state index is 0.205. The predicted octanol–water partition coefficient (Wildman–Crippen LogP) is 7.15. The zero-order valence-electron chi connectivity index (χ0n) is 24.0. The van der Waals surface area contributed by atoms with Crippen LogP contribution in [0.4, 0.5) is 11.6 Å². The molecule has 2 aliphatic rings. The summed E-state index contributed by atoms with van der Waals surface area (Å²) in [5.74, 6) is 3.53. The van der Waals surface area contributed by atoms with Crippen LogP contribution in [0, 0.1) is 11.3 Å². The quantitative estimate of drug-likeness (QED) is 0.201. The maximum Gasteiger partial charge on any atom is 0.160 e. The van der Waals surface area contributed by atoms with Crippen molar-refractivity contribution >= 4 is 23.6 Å². The summed E-state index contributed by atoms with van der Waals surface area (Å²) in [4.78, 5) is 11.7. The molecule has 8 nitrogen and oxygen atoms in total. The fourth-order valence-corrected chi connectivity index (χ4v) is 5.55. The highest BCUT2D eigenvalue weighted by Gasteiger charge is 2.32. The fraction of sp³-hybridized carbons (Fsp3) is 0.294. The first-order valence-corrected chi connectivity index (χ1v) is 14.8. The summed E-state index contributed by atoms with van der Waals surface area (Å²) >= 11 is 0. The van der Waals surface area contributed by atoms with Crippen LogP contribution in [0.15, 0.2) is 96.1 Å². The Bertz CT molecular complexity index is 1540. The topological polar surface area (TPSA) is 91.4 Å². The van der Waals surface area contributed by atoms with Gasteiger partial charge in [0.2, 0.25) is 0 Å². The lowest BCUT2D eigenvalue weighted by Crippen LogP contribution is -2.22. The summed E-state index contributed by atoms with van der Waals surface area (Å²) in [6.45, 7) is 5.69. The number of nitrogens with one attached hydrogen (secondary N) is 2. The SMILES string of the molecule is CCC1C=Nc2c(c(-c3ccc(Oc4ccccc4)cc3)nn2C2CCN(CC=CCNc3ccccn3)C2)C(=N)C1. The number of para-hydroxylation sites is 1. The molecule has 4 heterocycles. The molecule has 0 saturated carbocycles. The smallest absolute Gasteiger partial charge is 0.160 e. The van der Waals surface area contributed by atoms with Gasteiger partial charge in [0.25, 0.3) is 0 Å². The van der Waals surface area contributed by atoms with Gasteiger partial charge in [-0.25, -0.2) is 14.7 Å². The Kier molecular flexibility index (Phi) is 8.51. The molecule has 2 aliphatic heterocycles. The highest BCUT2D eigenvalue weighted by Crippen LogP contribution is 2.39. The van der Waals surface area contributed by atoms with Crippen molar-refractivity contribution in [3.05, 3.63) is 96.7 Å². The Morgan fingerprint density at radius 1 is 1.00 bits per heavy atom. The maximum atomic E-state index is 9.05. The number of pyridine rings is 1. The molecule has 214 valence electrons. The summed E-state index contributed by atoms with van der Waals surface area (Å²) in [7, 11) is 0. The second-order valence-electron chi connectivity index (χ2n) is 10.8. The second kappa shape index (κ2) is 13.0. The van der Waals surface area contributed by atoms with Crippen LogP contribution in [0.2, 0.25) is 0 Å². The van der Waals surface area contributed by atoms with Gasteiger partial charge in [-0.3, -0.25) is 4.90 Å². The Morgan fingerprint density at radius 2 is 1.81 bits per heavy atom. The molecule has 0 aliphatic carbocycles. The Balaban J connectivity index is 1.19. The van der Waals surface area contributed by atoms with Crippen LogP contribution in [0.5, 0.6) is 11.5 Å². The van der Waals surface area contributed by atoms with Crippen molar-refractivity contribution in [1.82, 2.24) is 19.7 Å². The second-order valence-corrected chi connectivity index (χ2v) is 10.8. The lowest BCUT2D eigenvalue weighted by Gasteiger charge is -2.15. The molecule has 2 N–H and O–H groups in total. The van der Waals surface area contributed by atoms with E-state index in [0.717, 1.165) is 79.0 Å². The first-order chi connectivity index (χ1) is 20.7. The summed E-state index contributed by atoms with van der Waals surface area (Å²) < 4.78 is 8.10. The standard InChI is InChI=1S/C34H37N7O/c1-2-25-22-30(35)32-33(26-13-15-29(16-14-26)42-28-10-4-3-5-11-28)39-41(34(32)38-23-25)27-17-21-40(24-27)20-9-8-19-37-31-12-6-7-18-36-31/h3-16,18,23,25,27,35H,2,17,19-22,24H2,1H3,(H,36,37). The third-order valence-corrected chi connectivity index (χ3v) is 7.88. The van der Waals surface area contributed by atoms with Crippen LogP contribution in [-0.2, 0) is 0 Å². The first kappa shape index (κ1) is 27.6. The van der Waals surface area contributed by atoms with E-state index >= 15 is 0 Å². The number of aliphatic imine (C=N–C) groups is 1. The maximum absolute atomic E-state index is 9.05.